The predicted molar refractivity (Wildman–Crippen MR) is 78.7 cm³/mol. The quantitative estimate of drug-likeness (QED) is 0.655. The van der Waals surface area contributed by atoms with E-state index in [1.165, 1.54) is 24.9 Å². The molecule has 0 heterocycles. The van der Waals surface area contributed by atoms with Gasteiger partial charge >= 0.3 is 7.12 Å². The summed E-state index contributed by atoms with van der Waals surface area (Å²) in [5, 5.41) is 18.4. The van der Waals surface area contributed by atoms with Crippen LogP contribution in [0.15, 0.2) is 41.3 Å². The molecule has 0 fully saturated rings. The first-order chi connectivity index (χ1) is 10.0. The maximum absolute atomic E-state index is 13.1. The van der Waals surface area contributed by atoms with Gasteiger partial charge in [-0.25, -0.2) is 8.78 Å². The van der Waals surface area contributed by atoms with Gasteiger partial charge in [-0.05, 0) is 29.7 Å². The fourth-order valence-electron chi connectivity index (χ4n) is 1.80. The van der Waals surface area contributed by atoms with Crippen LogP contribution in [0.4, 0.5) is 8.78 Å². The minimum atomic E-state index is -1.57. The predicted octanol–water partition coefficient (Wildman–Crippen LogP) is 1.95. The van der Waals surface area contributed by atoms with Crippen LogP contribution in [-0.2, 0) is 5.75 Å². The van der Waals surface area contributed by atoms with Crippen molar-refractivity contribution in [3.63, 3.8) is 0 Å². The molecule has 110 valence electrons. The summed E-state index contributed by atoms with van der Waals surface area (Å²) in [5.41, 5.74) is 1.08. The molecule has 3 nitrogen and oxygen atoms in total. The summed E-state index contributed by atoms with van der Waals surface area (Å²) < 4.78 is 31.2. The van der Waals surface area contributed by atoms with Gasteiger partial charge < -0.3 is 14.8 Å². The Morgan fingerprint density at radius 3 is 2.48 bits per heavy atom. The normalized spacial score (nSPS) is 10.5. The third kappa shape index (κ3) is 3.97. The van der Waals surface area contributed by atoms with Crippen molar-refractivity contribution < 1.29 is 23.6 Å². The zero-order chi connectivity index (χ0) is 15.4. The highest BCUT2D eigenvalue weighted by Gasteiger charge is 2.14. The zero-order valence-corrected chi connectivity index (χ0v) is 12.0. The molecule has 0 bridgehead atoms. The third-order valence-electron chi connectivity index (χ3n) is 2.89. The van der Waals surface area contributed by atoms with E-state index >= 15 is 0 Å². The number of hydrogen-bond donors (Lipinski definition) is 2. The Morgan fingerprint density at radius 1 is 1.10 bits per heavy atom. The lowest BCUT2D eigenvalue weighted by atomic mass is 9.79. The number of benzene rings is 2. The number of thioether (sulfide) groups is 1. The van der Waals surface area contributed by atoms with E-state index in [4.69, 9.17) is 4.74 Å². The van der Waals surface area contributed by atoms with E-state index in [-0.39, 0.29) is 0 Å². The van der Waals surface area contributed by atoms with Crippen molar-refractivity contribution in [1.29, 1.82) is 0 Å². The van der Waals surface area contributed by atoms with Crippen LogP contribution in [0.2, 0.25) is 0 Å². The summed E-state index contributed by atoms with van der Waals surface area (Å²) in [7, 11) is -0.0567. The average molecular weight is 310 g/mol. The van der Waals surface area contributed by atoms with Gasteiger partial charge in [0.2, 0.25) is 0 Å². The molecule has 0 unspecified atom stereocenters. The highest BCUT2D eigenvalue weighted by Crippen LogP contribution is 2.28. The van der Waals surface area contributed by atoms with Crippen LogP contribution in [-0.4, -0.2) is 24.3 Å². The number of methoxy groups -OCH3 is 1. The van der Waals surface area contributed by atoms with Crippen LogP contribution < -0.4 is 10.2 Å². The molecule has 0 aliphatic rings. The zero-order valence-electron chi connectivity index (χ0n) is 11.2. The Balaban J connectivity index is 2.17. The molecule has 7 heteroatoms. The van der Waals surface area contributed by atoms with E-state index in [1.54, 1.807) is 18.2 Å². The molecule has 0 amide bonds. The number of halogens is 2. The van der Waals surface area contributed by atoms with E-state index in [9.17, 15) is 18.8 Å². The van der Waals surface area contributed by atoms with Crippen molar-refractivity contribution in [3.8, 4) is 5.75 Å². The van der Waals surface area contributed by atoms with Gasteiger partial charge in [0.25, 0.3) is 0 Å². The monoisotopic (exact) mass is 310 g/mol. The summed E-state index contributed by atoms with van der Waals surface area (Å²) in [4.78, 5) is 0.575. The molecule has 2 aromatic carbocycles. The standard InChI is InChI=1S/C14H13BF2O3S/c1-20-14-5-2-10(15(18)19)6-9(14)8-21-11-3-4-12(16)13(17)7-11/h2-7,18-19H,8H2,1H3. The van der Waals surface area contributed by atoms with E-state index in [2.05, 4.69) is 0 Å². The smallest absolute Gasteiger partial charge is 0.488 e. The van der Waals surface area contributed by atoms with Gasteiger partial charge in [-0.1, -0.05) is 12.1 Å². The fraction of sp³-hybridized carbons (Fsp3) is 0.143. The third-order valence-corrected chi connectivity index (χ3v) is 3.93. The molecule has 0 radical (unpaired) electrons. The first-order valence-electron chi connectivity index (χ1n) is 6.12. The van der Waals surface area contributed by atoms with E-state index < -0.39 is 18.8 Å². The Morgan fingerprint density at radius 2 is 1.86 bits per heavy atom. The average Bonchev–Trinajstić information content (AvgIpc) is 2.48. The van der Waals surface area contributed by atoms with Gasteiger partial charge in [-0.2, -0.15) is 0 Å². The molecule has 0 spiro atoms. The van der Waals surface area contributed by atoms with E-state index in [0.29, 0.717) is 21.9 Å². The van der Waals surface area contributed by atoms with Crippen molar-refractivity contribution in [2.75, 3.05) is 7.11 Å². The summed E-state index contributed by atoms with van der Waals surface area (Å²) in [6.45, 7) is 0. The minimum absolute atomic E-state index is 0.344. The maximum atomic E-state index is 13.1. The first-order valence-corrected chi connectivity index (χ1v) is 7.10. The summed E-state index contributed by atoms with van der Waals surface area (Å²) >= 11 is 1.30. The van der Waals surface area contributed by atoms with Gasteiger partial charge in [-0.15, -0.1) is 11.8 Å². The molecule has 0 aromatic heterocycles. The second kappa shape index (κ2) is 6.93. The lowest BCUT2D eigenvalue weighted by Gasteiger charge is -2.10. The van der Waals surface area contributed by atoms with Crippen LogP contribution in [0.3, 0.4) is 0 Å². The van der Waals surface area contributed by atoms with Gasteiger partial charge in [0.05, 0.1) is 7.11 Å². The molecule has 0 aliphatic heterocycles. The second-order valence-corrected chi connectivity index (χ2v) is 5.36. The van der Waals surface area contributed by atoms with E-state index in [1.807, 2.05) is 0 Å². The Labute approximate surface area is 125 Å². The van der Waals surface area contributed by atoms with Gasteiger partial charge in [0.1, 0.15) is 5.75 Å². The highest BCUT2D eigenvalue weighted by atomic mass is 32.2. The fourth-order valence-corrected chi connectivity index (χ4v) is 2.70. The SMILES string of the molecule is COc1ccc(B(O)O)cc1CSc1ccc(F)c(F)c1. The van der Waals surface area contributed by atoms with Crippen LogP contribution >= 0.6 is 11.8 Å². The van der Waals surface area contributed by atoms with Crippen LogP contribution in [0.1, 0.15) is 5.56 Å². The molecular formula is C14H13BF2O3S. The summed E-state index contributed by atoms with van der Waals surface area (Å²) in [6.07, 6.45) is 0. The highest BCUT2D eigenvalue weighted by molar-refractivity contribution is 7.98. The van der Waals surface area contributed by atoms with Crippen molar-refractivity contribution in [2.45, 2.75) is 10.6 Å². The molecule has 0 atom stereocenters. The van der Waals surface area contributed by atoms with Gasteiger partial charge in [0.15, 0.2) is 11.6 Å². The van der Waals surface area contributed by atoms with Crippen molar-refractivity contribution in [1.82, 2.24) is 0 Å². The van der Waals surface area contributed by atoms with Crippen molar-refractivity contribution >= 4 is 24.3 Å². The molecule has 0 saturated carbocycles. The summed E-state index contributed by atoms with van der Waals surface area (Å²) in [6, 6.07) is 8.47. The molecule has 2 rings (SSSR count). The number of ether oxygens (including phenoxy) is 1. The Hall–Kier alpha value is -1.57. The summed E-state index contributed by atoms with van der Waals surface area (Å²) in [5.74, 6) is -0.766. The molecule has 2 N–H and O–H groups in total. The maximum Gasteiger partial charge on any atom is 0.488 e. The molecular weight excluding hydrogens is 297 g/mol. The number of hydrogen-bond acceptors (Lipinski definition) is 4. The molecule has 2 aromatic rings. The first kappa shape index (κ1) is 15.8. The number of rotatable bonds is 5. The van der Waals surface area contributed by atoms with Gasteiger partial charge in [-0.3, -0.25) is 0 Å². The second-order valence-electron chi connectivity index (χ2n) is 4.31. The van der Waals surface area contributed by atoms with Gasteiger partial charge in [0, 0.05) is 16.2 Å². The molecule has 0 aliphatic carbocycles. The largest absolute Gasteiger partial charge is 0.496 e. The molecule has 21 heavy (non-hydrogen) atoms. The topological polar surface area (TPSA) is 49.7 Å². The van der Waals surface area contributed by atoms with Crippen molar-refractivity contribution in [2.24, 2.45) is 0 Å². The Bertz CT molecular complexity index is 638. The minimum Gasteiger partial charge on any atom is -0.496 e. The van der Waals surface area contributed by atoms with E-state index in [0.717, 1.165) is 17.7 Å². The van der Waals surface area contributed by atoms with Crippen LogP contribution in [0.25, 0.3) is 0 Å². The van der Waals surface area contributed by atoms with Crippen LogP contribution in [0.5, 0.6) is 5.75 Å². The molecule has 0 saturated heterocycles. The lowest BCUT2D eigenvalue weighted by molar-refractivity contribution is 0.410. The van der Waals surface area contributed by atoms with Crippen molar-refractivity contribution in [3.05, 3.63) is 53.6 Å². The van der Waals surface area contributed by atoms with Crippen LogP contribution in [0, 0.1) is 11.6 Å². The Kier molecular flexibility index (Phi) is 5.22. The lowest BCUT2D eigenvalue weighted by Crippen LogP contribution is -2.30.